The van der Waals surface area contributed by atoms with Crippen molar-refractivity contribution in [3.8, 4) is 0 Å². The van der Waals surface area contributed by atoms with Gasteiger partial charge >= 0.3 is 12.1 Å². The van der Waals surface area contributed by atoms with E-state index in [4.69, 9.17) is 0 Å². The molecule has 6 heteroatoms. The summed E-state index contributed by atoms with van der Waals surface area (Å²) in [5, 5.41) is 9.33. The molecular formula is C22H26F3NO2. The lowest BCUT2D eigenvalue weighted by molar-refractivity contribution is -0.138. The topological polar surface area (TPSA) is 42.2 Å². The SMILES string of the molecule is CC(C)(C)c1cc2c(n1Cc1ccc(C(F)(F)F)cc1)[C@H](CC(=O)O)CCC2. The van der Waals surface area contributed by atoms with E-state index in [0.29, 0.717) is 6.54 Å². The van der Waals surface area contributed by atoms with Crippen molar-refractivity contribution >= 4 is 5.97 Å². The average Bonchev–Trinajstić information content (AvgIpc) is 2.94. The van der Waals surface area contributed by atoms with E-state index in [1.807, 2.05) is 0 Å². The van der Waals surface area contributed by atoms with Crippen LogP contribution in [0.15, 0.2) is 30.3 Å². The molecule has 0 amide bonds. The number of hydrogen-bond acceptors (Lipinski definition) is 1. The second-order valence-electron chi connectivity index (χ2n) is 8.66. The van der Waals surface area contributed by atoms with Crippen LogP contribution in [-0.2, 0) is 29.4 Å². The van der Waals surface area contributed by atoms with E-state index in [1.54, 1.807) is 0 Å². The molecule has 3 nitrogen and oxygen atoms in total. The Morgan fingerprint density at radius 3 is 2.36 bits per heavy atom. The van der Waals surface area contributed by atoms with Gasteiger partial charge in [-0.1, -0.05) is 32.9 Å². The molecule has 0 fully saturated rings. The first-order valence-electron chi connectivity index (χ1n) is 9.57. The first kappa shape index (κ1) is 20.5. The minimum Gasteiger partial charge on any atom is -0.481 e. The minimum absolute atomic E-state index is 0.0631. The number of carbonyl (C=O) groups is 1. The van der Waals surface area contributed by atoms with Crippen molar-refractivity contribution in [2.24, 2.45) is 0 Å². The van der Waals surface area contributed by atoms with Gasteiger partial charge in [-0.05, 0) is 48.6 Å². The highest BCUT2D eigenvalue weighted by Gasteiger charge is 2.32. The van der Waals surface area contributed by atoms with Gasteiger partial charge in [0, 0.05) is 29.3 Å². The molecule has 0 bridgehead atoms. The smallest absolute Gasteiger partial charge is 0.416 e. The maximum atomic E-state index is 12.9. The van der Waals surface area contributed by atoms with Gasteiger partial charge < -0.3 is 9.67 Å². The van der Waals surface area contributed by atoms with Crippen LogP contribution in [0, 0.1) is 0 Å². The first-order valence-corrected chi connectivity index (χ1v) is 9.57. The third-order valence-electron chi connectivity index (χ3n) is 5.42. The molecule has 28 heavy (non-hydrogen) atoms. The molecule has 0 radical (unpaired) electrons. The summed E-state index contributed by atoms with van der Waals surface area (Å²) < 4.78 is 40.7. The largest absolute Gasteiger partial charge is 0.481 e. The quantitative estimate of drug-likeness (QED) is 0.719. The summed E-state index contributed by atoms with van der Waals surface area (Å²) in [5.41, 5.74) is 3.27. The van der Waals surface area contributed by atoms with Crippen molar-refractivity contribution in [2.75, 3.05) is 0 Å². The van der Waals surface area contributed by atoms with Gasteiger partial charge in [-0.2, -0.15) is 13.2 Å². The maximum Gasteiger partial charge on any atom is 0.416 e. The molecule has 0 aliphatic heterocycles. The Kier molecular flexibility index (Phi) is 5.34. The zero-order chi connectivity index (χ0) is 20.7. The minimum atomic E-state index is -4.35. The van der Waals surface area contributed by atoms with Crippen LogP contribution in [0.4, 0.5) is 13.2 Å². The predicted molar refractivity (Wildman–Crippen MR) is 102 cm³/mol. The number of benzene rings is 1. The Morgan fingerprint density at radius 2 is 1.82 bits per heavy atom. The van der Waals surface area contributed by atoms with E-state index in [9.17, 15) is 23.1 Å². The van der Waals surface area contributed by atoms with Crippen molar-refractivity contribution in [3.05, 3.63) is 58.4 Å². The Bertz CT molecular complexity index is 858. The molecular weight excluding hydrogens is 367 g/mol. The number of aliphatic carboxylic acids is 1. The zero-order valence-electron chi connectivity index (χ0n) is 16.4. The molecule has 0 saturated heterocycles. The number of halogens is 3. The second-order valence-corrected chi connectivity index (χ2v) is 8.66. The molecule has 0 spiro atoms. The third kappa shape index (κ3) is 4.26. The number of aryl methyl sites for hydroxylation is 1. The number of alkyl halides is 3. The van der Waals surface area contributed by atoms with Gasteiger partial charge in [0.2, 0.25) is 0 Å². The van der Waals surface area contributed by atoms with E-state index < -0.39 is 17.7 Å². The highest BCUT2D eigenvalue weighted by atomic mass is 19.4. The molecule has 1 aliphatic rings. The van der Waals surface area contributed by atoms with E-state index >= 15 is 0 Å². The Balaban J connectivity index is 2.03. The summed E-state index contributed by atoms with van der Waals surface area (Å²) in [5.74, 6) is -0.885. The van der Waals surface area contributed by atoms with Crippen molar-refractivity contribution in [2.45, 2.75) is 70.5 Å². The molecule has 3 rings (SSSR count). The van der Waals surface area contributed by atoms with E-state index in [1.165, 1.54) is 17.7 Å². The van der Waals surface area contributed by atoms with E-state index in [-0.39, 0.29) is 17.8 Å². The van der Waals surface area contributed by atoms with Crippen LogP contribution in [0.25, 0.3) is 0 Å². The first-order chi connectivity index (χ1) is 13.0. The average molecular weight is 393 g/mol. The molecule has 1 N–H and O–H groups in total. The summed E-state index contributed by atoms with van der Waals surface area (Å²) >= 11 is 0. The van der Waals surface area contributed by atoms with E-state index in [0.717, 1.165) is 48.3 Å². The Hall–Kier alpha value is -2.24. The number of carboxylic acids is 1. The fourth-order valence-corrected chi connectivity index (χ4v) is 4.16. The van der Waals surface area contributed by atoms with Crippen molar-refractivity contribution < 1.29 is 23.1 Å². The van der Waals surface area contributed by atoms with Crippen LogP contribution in [0.5, 0.6) is 0 Å². The van der Waals surface area contributed by atoms with Crippen LogP contribution in [-0.4, -0.2) is 15.6 Å². The molecule has 1 aliphatic carbocycles. The van der Waals surface area contributed by atoms with Crippen LogP contribution < -0.4 is 0 Å². The molecule has 0 unspecified atom stereocenters. The molecule has 1 aromatic carbocycles. The molecule has 0 saturated carbocycles. The summed E-state index contributed by atoms with van der Waals surface area (Å²) in [4.78, 5) is 11.4. The van der Waals surface area contributed by atoms with Gasteiger partial charge in [-0.25, -0.2) is 0 Å². The third-order valence-corrected chi connectivity index (χ3v) is 5.42. The van der Waals surface area contributed by atoms with E-state index in [2.05, 4.69) is 31.4 Å². The summed E-state index contributed by atoms with van der Waals surface area (Å²) in [7, 11) is 0. The van der Waals surface area contributed by atoms with Crippen LogP contribution in [0.3, 0.4) is 0 Å². The zero-order valence-corrected chi connectivity index (χ0v) is 16.4. The normalized spacial score (nSPS) is 17.4. The van der Waals surface area contributed by atoms with Crippen LogP contribution in [0.2, 0.25) is 0 Å². The number of hydrogen-bond donors (Lipinski definition) is 1. The van der Waals surface area contributed by atoms with Gasteiger partial charge in [-0.3, -0.25) is 4.79 Å². The number of carboxylic acid groups (broad SMARTS) is 1. The number of aromatic nitrogens is 1. The Labute approximate surface area is 163 Å². The van der Waals surface area contributed by atoms with Crippen LogP contribution >= 0.6 is 0 Å². The molecule has 1 atom stereocenters. The molecule has 152 valence electrons. The Morgan fingerprint density at radius 1 is 1.18 bits per heavy atom. The maximum absolute atomic E-state index is 12.9. The second kappa shape index (κ2) is 7.30. The number of fused-ring (bicyclic) bond motifs is 1. The fraction of sp³-hybridized carbons (Fsp3) is 0.500. The van der Waals surface area contributed by atoms with Gasteiger partial charge in [0.25, 0.3) is 0 Å². The van der Waals surface area contributed by atoms with Gasteiger partial charge in [0.15, 0.2) is 0 Å². The summed E-state index contributed by atoms with van der Waals surface area (Å²) in [6, 6.07) is 7.40. The van der Waals surface area contributed by atoms with Crippen molar-refractivity contribution in [1.29, 1.82) is 0 Å². The van der Waals surface area contributed by atoms with Gasteiger partial charge in [0.05, 0.1) is 12.0 Å². The summed E-state index contributed by atoms with van der Waals surface area (Å²) in [6.45, 7) is 6.74. The monoisotopic (exact) mass is 393 g/mol. The lowest BCUT2D eigenvalue weighted by Gasteiger charge is -2.28. The number of rotatable bonds is 4. The van der Waals surface area contributed by atoms with Crippen molar-refractivity contribution in [3.63, 3.8) is 0 Å². The van der Waals surface area contributed by atoms with Crippen molar-refractivity contribution in [1.82, 2.24) is 4.57 Å². The van der Waals surface area contributed by atoms with Gasteiger partial charge in [-0.15, -0.1) is 0 Å². The highest BCUT2D eigenvalue weighted by Crippen LogP contribution is 2.40. The molecule has 2 aromatic rings. The van der Waals surface area contributed by atoms with Gasteiger partial charge in [0.1, 0.15) is 0 Å². The lowest BCUT2D eigenvalue weighted by Crippen LogP contribution is -2.22. The number of nitrogens with zero attached hydrogens (tertiary/aromatic N) is 1. The predicted octanol–water partition coefficient (Wildman–Crippen LogP) is 5.75. The highest BCUT2D eigenvalue weighted by molar-refractivity contribution is 5.68. The van der Waals surface area contributed by atoms with Crippen LogP contribution in [0.1, 0.15) is 74.0 Å². The lowest BCUT2D eigenvalue weighted by atomic mass is 9.85. The molecule has 1 heterocycles. The fourth-order valence-electron chi connectivity index (χ4n) is 4.16. The summed E-state index contributed by atoms with van der Waals surface area (Å²) in [6.07, 6.45) is -1.59. The molecule has 1 aromatic heterocycles. The standard InChI is InChI=1S/C22H26F3NO2/c1-21(2,3)18-11-15-5-4-6-16(12-19(27)28)20(15)26(18)13-14-7-9-17(10-8-14)22(23,24)25/h7-11,16H,4-6,12-13H2,1-3H3,(H,27,28)/t16-/m0/s1.